The monoisotopic (exact) mass is 620 g/mol. The summed E-state index contributed by atoms with van der Waals surface area (Å²) in [7, 11) is 0. The number of nitrogens with one attached hydrogen (secondary N) is 1. The highest BCUT2D eigenvalue weighted by Gasteiger charge is 2.62. The van der Waals surface area contributed by atoms with Crippen molar-refractivity contribution in [1.29, 1.82) is 0 Å². The van der Waals surface area contributed by atoms with E-state index in [2.05, 4.69) is 10.5 Å². The summed E-state index contributed by atoms with van der Waals surface area (Å²) in [5.41, 5.74) is -2.30. The van der Waals surface area contributed by atoms with Crippen LogP contribution in [0.2, 0.25) is 10.0 Å². The zero-order chi connectivity index (χ0) is 29.5. The molecule has 1 amide bonds. The predicted octanol–water partition coefficient (Wildman–Crippen LogP) is 6.32. The van der Waals surface area contributed by atoms with E-state index >= 15 is 0 Å². The number of hydrogen-bond acceptors (Lipinski definition) is 6. The van der Waals surface area contributed by atoms with E-state index in [-0.39, 0.29) is 40.5 Å². The Balaban J connectivity index is 1.43. The average molecular weight is 621 g/mol. The molecule has 2 aromatic carbocycles. The number of hydrogen-bond donors (Lipinski definition) is 2. The standard InChI is InChI=1S/C26H26Cl2F3N3O5S/c1-14-7-15(21-11-25(39-33-21,26(29,30)31)16-8-17(27)10-18(28)9-16)5-6-20(14)22(35)32-12-19-13-34(40-38-19)23(36)37-24(2,3)4/h5-10,19H,11-13H2,1-4H3,(H,32,35)/p+1. The molecule has 4 rings (SSSR count). The summed E-state index contributed by atoms with van der Waals surface area (Å²) in [6.45, 7) is 7.50. The molecular formula is C26H27Cl2F3N3O5S+. The van der Waals surface area contributed by atoms with Crippen LogP contribution in [-0.4, -0.2) is 57.8 Å². The van der Waals surface area contributed by atoms with E-state index < -0.39 is 35.8 Å². The van der Waals surface area contributed by atoms with Crippen LogP contribution in [0, 0.1) is 6.92 Å². The molecule has 2 aliphatic heterocycles. The minimum Gasteiger partial charge on any atom is -0.429 e. The molecule has 0 radical (unpaired) electrons. The maximum absolute atomic E-state index is 14.3. The van der Waals surface area contributed by atoms with E-state index in [4.69, 9.17) is 37.0 Å². The Labute approximate surface area is 243 Å². The fourth-order valence-corrected chi connectivity index (χ4v) is 5.35. The molecular weight excluding hydrogens is 594 g/mol. The van der Waals surface area contributed by atoms with Crippen molar-refractivity contribution in [3.05, 3.63) is 68.7 Å². The third-order valence-corrected chi connectivity index (χ3v) is 7.34. The van der Waals surface area contributed by atoms with Gasteiger partial charge in [-0.15, -0.1) is 0 Å². The smallest absolute Gasteiger partial charge is 0.429 e. The largest absolute Gasteiger partial charge is 0.563 e. The summed E-state index contributed by atoms with van der Waals surface area (Å²) < 4.78 is 55.2. The van der Waals surface area contributed by atoms with Gasteiger partial charge in [-0.3, -0.25) is 4.79 Å². The Morgan fingerprint density at radius 2 is 1.90 bits per heavy atom. The van der Waals surface area contributed by atoms with Crippen molar-refractivity contribution in [2.24, 2.45) is 5.16 Å². The third kappa shape index (κ3) is 6.62. The topological polar surface area (TPSA) is 92.4 Å². The number of alkyl halides is 3. The van der Waals surface area contributed by atoms with Gasteiger partial charge in [-0.25, -0.2) is 4.18 Å². The second-order valence-electron chi connectivity index (χ2n) is 10.4. The first-order valence-corrected chi connectivity index (χ1v) is 13.6. The summed E-state index contributed by atoms with van der Waals surface area (Å²) in [4.78, 5) is 17.9. The van der Waals surface area contributed by atoms with Gasteiger partial charge in [0.1, 0.15) is 5.60 Å². The number of aliphatic hydroxyl groups excluding tert-OH is 1. The fourth-order valence-electron chi connectivity index (χ4n) is 4.14. The summed E-state index contributed by atoms with van der Waals surface area (Å²) in [6, 6.07) is 8.25. The van der Waals surface area contributed by atoms with E-state index in [9.17, 15) is 23.1 Å². The van der Waals surface area contributed by atoms with Crippen molar-refractivity contribution in [3.8, 4) is 0 Å². The fraction of sp³-hybridized carbons (Fsp3) is 0.423. The number of ether oxygens (including phenoxy) is 1. The number of aryl methyl sites for hydroxylation is 1. The van der Waals surface area contributed by atoms with Gasteiger partial charge in [0, 0.05) is 27.6 Å². The molecule has 0 spiro atoms. The molecule has 1 fully saturated rings. The summed E-state index contributed by atoms with van der Waals surface area (Å²) >= 11 is 12.8. The van der Waals surface area contributed by atoms with E-state index in [0.29, 0.717) is 16.7 Å². The van der Waals surface area contributed by atoms with Gasteiger partial charge in [0.2, 0.25) is 0 Å². The predicted molar refractivity (Wildman–Crippen MR) is 146 cm³/mol. The molecule has 2 atom stereocenters. The third-order valence-electron chi connectivity index (χ3n) is 6.06. The molecule has 14 heteroatoms. The number of oxime groups is 1. The van der Waals surface area contributed by atoms with Gasteiger partial charge in [0.15, 0.2) is 12.6 Å². The highest BCUT2D eigenvalue weighted by molar-refractivity contribution is 7.88. The van der Waals surface area contributed by atoms with Gasteiger partial charge >= 0.3 is 24.5 Å². The molecule has 0 aromatic heterocycles. The van der Waals surface area contributed by atoms with Gasteiger partial charge in [-0.1, -0.05) is 38.4 Å². The minimum absolute atomic E-state index is 0.0388. The van der Waals surface area contributed by atoms with Crippen LogP contribution in [0.25, 0.3) is 0 Å². The lowest BCUT2D eigenvalue weighted by Gasteiger charge is -2.29. The number of amides is 1. The molecule has 2 aliphatic rings. The first-order chi connectivity index (χ1) is 18.6. The SMILES string of the molecule is Cc1cc(C2=NOC(c3cc(Cl)cc(Cl)c3)(C(F)(F)F)C2)ccc1C(=O)NCC1C/[N+](=C(\O)OC(C)(C)C)SO1. The van der Waals surface area contributed by atoms with Crippen LogP contribution < -0.4 is 5.32 Å². The Morgan fingerprint density at radius 1 is 1.23 bits per heavy atom. The molecule has 8 nitrogen and oxygen atoms in total. The highest BCUT2D eigenvalue weighted by Crippen LogP contribution is 2.49. The molecule has 0 saturated carbocycles. The molecule has 216 valence electrons. The minimum atomic E-state index is -4.81. The lowest BCUT2D eigenvalue weighted by atomic mass is 9.86. The van der Waals surface area contributed by atoms with Crippen molar-refractivity contribution in [3.63, 3.8) is 0 Å². The van der Waals surface area contributed by atoms with Crippen LogP contribution in [0.4, 0.5) is 13.2 Å². The van der Waals surface area contributed by atoms with Gasteiger partial charge in [-0.2, -0.15) is 13.2 Å². The Bertz CT molecular complexity index is 1360. The van der Waals surface area contributed by atoms with Gasteiger partial charge < -0.3 is 20.0 Å². The summed E-state index contributed by atoms with van der Waals surface area (Å²) in [5.74, 6) is -0.391. The lowest BCUT2D eigenvalue weighted by Crippen LogP contribution is -2.42. The molecule has 1 saturated heterocycles. The van der Waals surface area contributed by atoms with Crippen LogP contribution >= 0.6 is 35.4 Å². The Morgan fingerprint density at radius 3 is 2.50 bits per heavy atom. The van der Waals surface area contributed by atoms with Crippen LogP contribution in [0.15, 0.2) is 41.6 Å². The quantitative estimate of drug-likeness (QED) is 0.176. The van der Waals surface area contributed by atoms with Crippen molar-refractivity contribution in [2.75, 3.05) is 13.1 Å². The normalized spacial score (nSPS) is 22.5. The van der Waals surface area contributed by atoms with Crippen molar-refractivity contribution < 1.29 is 40.8 Å². The number of carbonyl (C=O) groups excluding carboxylic acids is 1. The van der Waals surface area contributed by atoms with Crippen molar-refractivity contribution >= 4 is 53.1 Å². The number of benzene rings is 2. The number of nitrogens with zero attached hydrogens (tertiary/aromatic N) is 2. The molecule has 2 heterocycles. The van der Waals surface area contributed by atoms with Gasteiger partial charge in [0.05, 0.1) is 12.3 Å². The zero-order valence-electron chi connectivity index (χ0n) is 21.9. The lowest BCUT2D eigenvalue weighted by molar-refractivity contribution is -0.370. The maximum atomic E-state index is 14.3. The van der Waals surface area contributed by atoms with Crippen LogP contribution in [-0.2, 0) is 19.4 Å². The Hall–Kier alpha value is -2.67. The van der Waals surface area contributed by atoms with Crippen LogP contribution in [0.5, 0.6) is 0 Å². The van der Waals surface area contributed by atoms with E-state index in [1.807, 2.05) is 0 Å². The van der Waals surface area contributed by atoms with Gasteiger partial charge in [0.25, 0.3) is 11.5 Å². The first kappa shape index (κ1) is 30.3. The second kappa shape index (κ2) is 11.3. The van der Waals surface area contributed by atoms with E-state index in [1.54, 1.807) is 33.8 Å². The van der Waals surface area contributed by atoms with Crippen LogP contribution in [0.3, 0.4) is 0 Å². The average Bonchev–Trinajstić information content (AvgIpc) is 3.49. The maximum Gasteiger partial charge on any atom is 0.563 e. The molecule has 2 N–H and O–H groups in total. The first-order valence-electron chi connectivity index (χ1n) is 12.1. The number of aliphatic hydroxyl groups is 1. The van der Waals surface area contributed by atoms with Crippen LogP contribution in [0.1, 0.15) is 54.2 Å². The van der Waals surface area contributed by atoms with Gasteiger partial charge in [-0.05, 0) is 69.2 Å². The Kier molecular flexibility index (Phi) is 8.56. The highest BCUT2D eigenvalue weighted by atomic mass is 35.5. The summed E-state index contributed by atoms with van der Waals surface area (Å²) in [5, 5.41) is 16.7. The van der Waals surface area contributed by atoms with Crippen molar-refractivity contribution in [1.82, 2.24) is 5.32 Å². The van der Waals surface area contributed by atoms with Crippen molar-refractivity contribution in [2.45, 2.75) is 57.6 Å². The van der Waals surface area contributed by atoms with E-state index in [0.717, 1.165) is 24.4 Å². The van der Waals surface area contributed by atoms with E-state index in [1.165, 1.54) is 22.2 Å². The molecule has 40 heavy (non-hydrogen) atoms. The molecule has 2 unspecified atom stereocenters. The molecule has 2 aromatic rings. The molecule has 0 aliphatic carbocycles. The number of rotatable bonds is 5. The second-order valence-corrected chi connectivity index (χ2v) is 12.0. The number of halogens is 5. The zero-order valence-corrected chi connectivity index (χ0v) is 24.3. The number of carbonyl (C=O) groups is 1. The summed E-state index contributed by atoms with van der Waals surface area (Å²) in [6.07, 6.45) is -6.12. The molecule has 0 bridgehead atoms.